The predicted molar refractivity (Wildman–Crippen MR) is 87.2 cm³/mol. The molecule has 22 heavy (non-hydrogen) atoms. The van der Waals surface area contributed by atoms with E-state index in [2.05, 4.69) is 12.0 Å². The van der Waals surface area contributed by atoms with Gasteiger partial charge in [0.25, 0.3) is 5.56 Å². The number of nitrogens with one attached hydrogen (secondary N) is 1. The Balaban J connectivity index is 2.27. The molecule has 0 amide bonds. The first-order chi connectivity index (χ1) is 10.5. The summed E-state index contributed by atoms with van der Waals surface area (Å²) in [6.45, 7) is 7.68. The number of nitrogens with zero attached hydrogens (tertiary/aromatic N) is 3. The number of aryl methyl sites for hydroxylation is 1. The highest BCUT2D eigenvalue weighted by Crippen LogP contribution is 2.20. The molecular weight excluding hydrogens is 320 g/mol. The second-order valence-electron chi connectivity index (χ2n) is 5.15. The molecule has 0 spiro atoms. The van der Waals surface area contributed by atoms with E-state index in [1.807, 2.05) is 25.1 Å². The van der Waals surface area contributed by atoms with Gasteiger partial charge in [-0.15, -0.1) is 11.3 Å². The Kier molecular flexibility index (Phi) is 5.35. The summed E-state index contributed by atoms with van der Waals surface area (Å²) in [7, 11) is 0. The van der Waals surface area contributed by atoms with Gasteiger partial charge in [0, 0.05) is 0 Å². The Morgan fingerprint density at radius 3 is 2.73 bits per heavy atom. The molecule has 0 bridgehead atoms. The fourth-order valence-electron chi connectivity index (χ4n) is 2.21. The fourth-order valence-corrected chi connectivity index (χ4v) is 3.37. The summed E-state index contributed by atoms with van der Waals surface area (Å²) in [5, 5.41) is 13.5. The lowest BCUT2D eigenvalue weighted by atomic mass is 10.1. The summed E-state index contributed by atoms with van der Waals surface area (Å²) in [6.07, 6.45) is 0. The lowest BCUT2D eigenvalue weighted by Crippen LogP contribution is -3.10. The number of thiophene rings is 1. The number of halogens is 1. The third-order valence-electron chi connectivity index (χ3n) is 3.67. The van der Waals surface area contributed by atoms with Crippen LogP contribution >= 0.6 is 22.9 Å². The first-order valence-corrected chi connectivity index (χ1v) is 8.21. The van der Waals surface area contributed by atoms with E-state index in [1.165, 1.54) is 14.5 Å². The molecule has 0 fully saturated rings. The van der Waals surface area contributed by atoms with Gasteiger partial charge >= 0.3 is 0 Å². The molecule has 0 aliphatic carbocycles. The monoisotopic (exact) mass is 337 g/mol. The summed E-state index contributed by atoms with van der Waals surface area (Å²) < 4.78 is 2.16. The minimum atomic E-state index is -0.319. The van der Waals surface area contributed by atoms with Crippen molar-refractivity contribution in [2.75, 3.05) is 6.54 Å². The maximum atomic E-state index is 12.3. The van der Waals surface area contributed by atoms with Crippen molar-refractivity contribution < 1.29 is 4.90 Å². The van der Waals surface area contributed by atoms with Crippen molar-refractivity contribution in [1.82, 2.24) is 9.78 Å². The van der Waals surface area contributed by atoms with Gasteiger partial charge in [-0.25, -0.2) is 0 Å². The van der Waals surface area contributed by atoms with Crippen LogP contribution in [-0.4, -0.2) is 16.3 Å². The van der Waals surface area contributed by atoms with E-state index in [-0.39, 0.29) is 11.1 Å². The van der Waals surface area contributed by atoms with Crippen molar-refractivity contribution in [2.45, 2.75) is 34.0 Å². The summed E-state index contributed by atoms with van der Waals surface area (Å²) in [5.74, 6) is 0. The smallest absolute Gasteiger partial charge is 0.289 e. The largest absolute Gasteiger partial charge is 0.312 e. The van der Waals surface area contributed by atoms with E-state index >= 15 is 0 Å². The zero-order valence-electron chi connectivity index (χ0n) is 12.8. The van der Waals surface area contributed by atoms with Gasteiger partial charge in [0.2, 0.25) is 0 Å². The molecule has 0 saturated heterocycles. The highest BCUT2D eigenvalue weighted by atomic mass is 35.5. The van der Waals surface area contributed by atoms with Gasteiger partial charge in [-0.05, 0) is 38.5 Å². The predicted octanol–water partition coefficient (Wildman–Crippen LogP) is 1.51. The van der Waals surface area contributed by atoms with E-state index in [0.717, 1.165) is 17.4 Å². The molecule has 2 rings (SSSR count). The van der Waals surface area contributed by atoms with Crippen molar-refractivity contribution in [1.29, 1.82) is 5.26 Å². The van der Waals surface area contributed by atoms with E-state index in [0.29, 0.717) is 17.9 Å². The Morgan fingerprint density at radius 1 is 1.45 bits per heavy atom. The van der Waals surface area contributed by atoms with Gasteiger partial charge in [0.05, 0.1) is 21.5 Å². The number of rotatable bonds is 5. The lowest BCUT2D eigenvalue weighted by Gasteiger charge is -2.18. The molecule has 2 heterocycles. The molecule has 1 N–H and O–H groups in total. The average molecular weight is 338 g/mol. The molecule has 0 aliphatic heterocycles. The van der Waals surface area contributed by atoms with Gasteiger partial charge in [0.15, 0.2) is 6.67 Å². The van der Waals surface area contributed by atoms with Crippen LogP contribution in [-0.2, 0) is 13.2 Å². The summed E-state index contributed by atoms with van der Waals surface area (Å²) >= 11 is 7.50. The average Bonchev–Trinajstić information content (AvgIpc) is 2.89. The van der Waals surface area contributed by atoms with E-state index in [9.17, 15) is 4.79 Å². The second kappa shape index (κ2) is 7.05. The van der Waals surface area contributed by atoms with Crippen LogP contribution in [0.5, 0.6) is 0 Å². The Labute approximate surface area is 138 Å². The molecule has 116 valence electrons. The molecule has 0 aromatic carbocycles. The van der Waals surface area contributed by atoms with Crippen molar-refractivity contribution in [3.63, 3.8) is 0 Å². The number of nitriles is 1. The SMILES string of the molecule is CC[NH+](Cc1ccc(Cl)s1)Cn1nc(C)c(C)c(C#N)c1=O. The molecule has 2 aromatic rings. The Hall–Kier alpha value is -1.68. The molecule has 0 aliphatic rings. The van der Waals surface area contributed by atoms with Crippen molar-refractivity contribution >= 4 is 22.9 Å². The van der Waals surface area contributed by atoms with Crippen LogP contribution in [0.4, 0.5) is 0 Å². The van der Waals surface area contributed by atoms with Gasteiger partial charge in [-0.2, -0.15) is 15.0 Å². The van der Waals surface area contributed by atoms with Gasteiger partial charge in [0.1, 0.15) is 18.2 Å². The zero-order chi connectivity index (χ0) is 16.3. The number of aromatic nitrogens is 2. The van der Waals surface area contributed by atoms with Gasteiger partial charge in [-0.1, -0.05) is 11.6 Å². The van der Waals surface area contributed by atoms with Gasteiger partial charge < -0.3 is 4.90 Å². The highest BCUT2D eigenvalue weighted by Gasteiger charge is 2.16. The summed E-state index contributed by atoms with van der Waals surface area (Å²) in [5.41, 5.74) is 1.24. The van der Waals surface area contributed by atoms with Crippen LogP contribution in [0.1, 0.15) is 28.6 Å². The molecule has 0 saturated carbocycles. The van der Waals surface area contributed by atoms with Crippen LogP contribution in [0.15, 0.2) is 16.9 Å². The van der Waals surface area contributed by atoms with Gasteiger partial charge in [-0.3, -0.25) is 4.79 Å². The van der Waals surface area contributed by atoms with Crippen LogP contribution in [0, 0.1) is 25.2 Å². The first-order valence-electron chi connectivity index (χ1n) is 7.02. The third kappa shape index (κ3) is 3.55. The molecule has 2 aromatic heterocycles. The molecule has 7 heteroatoms. The van der Waals surface area contributed by atoms with Crippen molar-refractivity contribution in [2.24, 2.45) is 0 Å². The molecule has 0 radical (unpaired) electrons. The Morgan fingerprint density at radius 2 is 2.18 bits per heavy atom. The van der Waals surface area contributed by atoms with Crippen molar-refractivity contribution in [3.05, 3.63) is 48.5 Å². The molecular formula is C15H18ClN4OS+. The zero-order valence-corrected chi connectivity index (χ0v) is 14.4. The minimum Gasteiger partial charge on any atom is -0.312 e. The normalized spacial score (nSPS) is 12.1. The molecule has 1 unspecified atom stereocenters. The summed E-state index contributed by atoms with van der Waals surface area (Å²) in [4.78, 5) is 14.7. The number of quaternary nitrogens is 1. The standard InChI is InChI=1S/C15H17ClN4OS/c1-4-19(8-12-5-6-14(16)22-12)9-20-15(21)13(7-17)10(2)11(3)18-20/h5-6H,4,8-9H2,1-3H3/p+1. The Bertz CT molecular complexity index is 775. The number of hydrogen-bond acceptors (Lipinski definition) is 4. The van der Waals surface area contributed by atoms with Crippen LogP contribution in [0.25, 0.3) is 0 Å². The first kappa shape index (κ1) is 16.7. The quantitative estimate of drug-likeness (QED) is 0.899. The maximum Gasteiger partial charge on any atom is 0.289 e. The van der Waals surface area contributed by atoms with E-state index in [4.69, 9.17) is 16.9 Å². The topological polar surface area (TPSA) is 63.1 Å². The fraction of sp³-hybridized carbons (Fsp3) is 0.400. The third-order valence-corrected chi connectivity index (χ3v) is 4.91. The van der Waals surface area contributed by atoms with E-state index in [1.54, 1.807) is 18.3 Å². The maximum absolute atomic E-state index is 12.3. The van der Waals surface area contributed by atoms with Crippen LogP contribution in [0.2, 0.25) is 4.34 Å². The highest BCUT2D eigenvalue weighted by molar-refractivity contribution is 7.16. The van der Waals surface area contributed by atoms with Crippen LogP contribution in [0.3, 0.4) is 0 Å². The molecule has 1 atom stereocenters. The lowest BCUT2D eigenvalue weighted by molar-refractivity contribution is -0.935. The number of hydrogen-bond donors (Lipinski definition) is 1. The minimum absolute atomic E-state index is 0.183. The molecule has 5 nitrogen and oxygen atoms in total. The summed E-state index contributed by atoms with van der Waals surface area (Å²) in [6, 6.07) is 5.87. The second-order valence-corrected chi connectivity index (χ2v) is 6.95. The van der Waals surface area contributed by atoms with Crippen molar-refractivity contribution in [3.8, 4) is 6.07 Å². The van der Waals surface area contributed by atoms with Crippen LogP contribution < -0.4 is 10.5 Å². The van der Waals surface area contributed by atoms with E-state index < -0.39 is 0 Å².